The Morgan fingerprint density at radius 1 is 0.927 bits per heavy atom. The molecule has 7 atom stereocenters. The van der Waals surface area contributed by atoms with Gasteiger partial charge in [0.25, 0.3) is 0 Å². The van der Waals surface area contributed by atoms with Crippen LogP contribution in [0.25, 0.3) is 10.9 Å². The van der Waals surface area contributed by atoms with Crippen molar-refractivity contribution in [2.24, 2.45) is 11.3 Å². The van der Waals surface area contributed by atoms with Crippen molar-refractivity contribution < 1.29 is 5.11 Å². The van der Waals surface area contributed by atoms with Crippen LogP contribution in [-0.2, 0) is 6.42 Å². The van der Waals surface area contributed by atoms with Crippen LogP contribution in [0.1, 0.15) is 81.5 Å². The van der Waals surface area contributed by atoms with Gasteiger partial charge in [-0.15, -0.1) is 0 Å². The number of allylic oxidation sites excluding steroid dienone is 3. The highest BCUT2D eigenvalue weighted by atomic mass is 16.3. The smallest absolute Gasteiger partial charge is 0.0994 e. The van der Waals surface area contributed by atoms with E-state index < -0.39 is 5.60 Å². The molecule has 0 amide bonds. The molecular weight excluding hydrogens is 504 g/mol. The fourth-order valence-corrected chi connectivity index (χ4v) is 10.2. The Bertz CT molecular complexity index is 1370. The molecule has 0 radical (unpaired) electrons. The Morgan fingerprint density at radius 2 is 1.78 bits per heavy atom. The first-order valence-electron chi connectivity index (χ1n) is 16.7. The van der Waals surface area contributed by atoms with Gasteiger partial charge >= 0.3 is 0 Å². The Morgan fingerprint density at radius 3 is 2.73 bits per heavy atom. The summed E-state index contributed by atoms with van der Waals surface area (Å²) in [7, 11) is 0. The van der Waals surface area contributed by atoms with E-state index in [4.69, 9.17) is 0 Å². The van der Waals surface area contributed by atoms with E-state index in [2.05, 4.69) is 74.7 Å². The highest BCUT2D eigenvalue weighted by Gasteiger charge is 2.66. The van der Waals surface area contributed by atoms with Crippen LogP contribution < -0.4 is 5.32 Å². The Hall–Kier alpha value is -2.18. The maximum Gasteiger partial charge on any atom is 0.0994 e. The number of aromatic nitrogens is 1. The molecule has 2 fully saturated rings. The molecule has 1 aliphatic carbocycles. The van der Waals surface area contributed by atoms with Crippen LogP contribution in [0, 0.1) is 11.3 Å². The summed E-state index contributed by atoms with van der Waals surface area (Å²) in [5.41, 5.74) is 4.80. The van der Waals surface area contributed by atoms with Crippen LogP contribution in [0.5, 0.6) is 0 Å². The molecule has 0 saturated carbocycles. The molecule has 2 saturated heterocycles. The van der Waals surface area contributed by atoms with Gasteiger partial charge in [-0.25, -0.2) is 0 Å². The number of H-pyrrole nitrogens is 1. The van der Waals surface area contributed by atoms with Gasteiger partial charge in [-0.2, -0.15) is 0 Å². The van der Waals surface area contributed by atoms with Gasteiger partial charge in [-0.1, -0.05) is 48.6 Å². The predicted octanol–water partition coefficient (Wildman–Crippen LogP) is 6.04. The molecular formula is C36H48N4O. The fourth-order valence-electron chi connectivity index (χ4n) is 10.2. The van der Waals surface area contributed by atoms with Gasteiger partial charge in [0.2, 0.25) is 0 Å². The van der Waals surface area contributed by atoms with E-state index in [-0.39, 0.29) is 17.5 Å². The quantitative estimate of drug-likeness (QED) is 0.378. The summed E-state index contributed by atoms with van der Waals surface area (Å²) >= 11 is 0. The van der Waals surface area contributed by atoms with Crippen molar-refractivity contribution in [3.8, 4) is 0 Å². The Kier molecular flexibility index (Phi) is 6.78. The highest BCUT2D eigenvalue weighted by molar-refractivity contribution is 5.85. The fraction of sp³-hybridized carbons (Fsp3) is 0.611. The Labute approximate surface area is 245 Å². The van der Waals surface area contributed by atoms with Crippen molar-refractivity contribution in [3.05, 3.63) is 71.5 Å². The second kappa shape index (κ2) is 10.5. The number of nitrogens with one attached hydrogen (secondary N) is 2. The molecule has 6 heterocycles. The van der Waals surface area contributed by atoms with Gasteiger partial charge < -0.3 is 20.3 Å². The minimum absolute atomic E-state index is 0.0690. The van der Waals surface area contributed by atoms with E-state index in [1.165, 1.54) is 92.2 Å². The number of aromatic amines is 1. The number of hydrogen-bond donors (Lipinski definition) is 3. The van der Waals surface area contributed by atoms with Gasteiger partial charge in [0.15, 0.2) is 0 Å². The molecule has 8 rings (SSSR count). The third-order valence-electron chi connectivity index (χ3n) is 11.7. The van der Waals surface area contributed by atoms with Crippen molar-refractivity contribution in [2.75, 3.05) is 32.7 Å². The Balaban J connectivity index is 1.30. The standard InChI is InChI=1S/C36H48N4O/c41-36-18-10-4-1-2-5-11-20-39-22-17-30(35(25-39)23-26-13-7-3-6-12-21-40(26)34(35)36)29(24-36)32-33-28(16-19-37-32)27-14-8-9-15-31(27)38-33/h1,4,7-9,13-15,24,26,30,32,34,37-38,41H,2-3,5-6,10-12,16-23,25H2/b4-1-,13-7-/t26?,30-,32?,34+,35-,36-/m0/s1. The molecule has 41 heavy (non-hydrogen) atoms. The van der Waals surface area contributed by atoms with Crippen molar-refractivity contribution >= 4 is 10.9 Å². The SMILES string of the molecule is O[C@]12C=C(C3NCCc4c3[nH]c3ccccc43)[C@@H]3CCN(CCCC/C=C\CC1)C[C@@]31CC3/C=C\CCCCN3[C@H]12. The van der Waals surface area contributed by atoms with Crippen LogP contribution in [0.3, 0.4) is 0 Å². The summed E-state index contributed by atoms with van der Waals surface area (Å²) in [6.45, 7) is 5.61. The number of hydrogen-bond acceptors (Lipinski definition) is 4. The van der Waals surface area contributed by atoms with Crippen LogP contribution in [0.2, 0.25) is 0 Å². The topological polar surface area (TPSA) is 54.5 Å². The molecule has 5 nitrogen and oxygen atoms in total. The lowest BCUT2D eigenvalue weighted by Crippen LogP contribution is -2.66. The van der Waals surface area contributed by atoms with Crippen molar-refractivity contribution in [1.82, 2.24) is 20.1 Å². The first-order chi connectivity index (χ1) is 20.2. The summed E-state index contributed by atoms with van der Waals surface area (Å²) in [4.78, 5) is 9.45. The molecule has 1 spiro atoms. The first-order valence-corrected chi connectivity index (χ1v) is 16.7. The maximum atomic E-state index is 13.1. The molecule has 5 aliphatic heterocycles. The number of aliphatic hydroxyl groups is 1. The van der Waals surface area contributed by atoms with Crippen molar-refractivity contribution in [1.29, 1.82) is 0 Å². The van der Waals surface area contributed by atoms with Gasteiger partial charge in [0.05, 0.1) is 17.7 Å². The van der Waals surface area contributed by atoms with E-state index in [9.17, 15) is 5.11 Å². The third kappa shape index (κ3) is 4.33. The minimum Gasteiger partial charge on any atom is -0.384 e. The predicted molar refractivity (Wildman–Crippen MR) is 167 cm³/mol. The average molecular weight is 553 g/mol. The van der Waals surface area contributed by atoms with Gasteiger partial charge in [0.1, 0.15) is 0 Å². The molecule has 3 unspecified atom stereocenters. The molecule has 2 aromatic rings. The lowest BCUT2D eigenvalue weighted by molar-refractivity contribution is -0.0984. The number of fused-ring (bicyclic) bond motifs is 5. The number of benzene rings is 1. The summed E-state index contributed by atoms with van der Waals surface area (Å²) in [6.07, 6.45) is 24.8. The zero-order chi connectivity index (χ0) is 27.4. The third-order valence-corrected chi connectivity index (χ3v) is 11.7. The lowest BCUT2D eigenvalue weighted by Gasteiger charge is -2.59. The van der Waals surface area contributed by atoms with E-state index in [1.807, 2.05) is 0 Å². The van der Waals surface area contributed by atoms with Crippen molar-refractivity contribution in [2.45, 2.75) is 94.4 Å². The van der Waals surface area contributed by atoms with Crippen molar-refractivity contribution in [3.63, 3.8) is 0 Å². The number of piperidine rings is 1. The highest BCUT2D eigenvalue weighted by Crippen LogP contribution is 2.61. The second-order valence-electron chi connectivity index (χ2n) is 14.0. The van der Waals surface area contributed by atoms with E-state index in [0.717, 1.165) is 38.9 Å². The van der Waals surface area contributed by atoms with E-state index in [1.54, 1.807) is 0 Å². The summed E-state index contributed by atoms with van der Waals surface area (Å²) < 4.78 is 0. The van der Waals surface area contributed by atoms with Gasteiger partial charge in [-0.3, -0.25) is 4.90 Å². The molecule has 1 aromatic carbocycles. The van der Waals surface area contributed by atoms with E-state index >= 15 is 0 Å². The molecule has 218 valence electrons. The van der Waals surface area contributed by atoms with Crippen LogP contribution >= 0.6 is 0 Å². The molecule has 6 aliphatic rings. The van der Waals surface area contributed by atoms with Crippen LogP contribution in [-0.4, -0.2) is 70.3 Å². The lowest BCUT2D eigenvalue weighted by atomic mass is 9.54. The number of para-hydroxylation sites is 1. The molecule has 5 heteroatoms. The largest absolute Gasteiger partial charge is 0.384 e. The number of rotatable bonds is 1. The van der Waals surface area contributed by atoms with Crippen LogP contribution in [0.4, 0.5) is 0 Å². The summed E-state index contributed by atoms with van der Waals surface area (Å²) in [5, 5.41) is 18.5. The normalized spacial score (nSPS) is 41.0. The second-order valence-corrected chi connectivity index (χ2v) is 14.0. The average Bonchev–Trinajstić information content (AvgIpc) is 3.49. The summed E-state index contributed by atoms with van der Waals surface area (Å²) in [5.74, 6) is 0.487. The number of nitrogens with zero attached hydrogens (tertiary/aromatic N) is 2. The molecule has 1 aromatic heterocycles. The van der Waals surface area contributed by atoms with Gasteiger partial charge in [-0.05, 0) is 113 Å². The van der Waals surface area contributed by atoms with Gasteiger partial charge in [0, 0.05) is 41.1 Å². The zero-order valence-corrected chi connectivity index (χ0v) is 24.7. The monoisotopic (exact) mass is 552 g/mol. The molecule has 3 bridgehead atoms. The molecule has 3 N–H and O–H groups in total. The van der Waals surface area contributed by atoms with Crippen LogP contribution in [0.15, 0.2) is 60.2 Å². The maximum absolute atomic E-state index is 13.1. The zero-order valence-electron chi connectivity index (χ0n) is 24.7. The van der Waals surface area contributed by atoms with E-state index in [0.29, 0.717) is 12.0 Å². The minimum atomic E-state index is -0.833. The summed E-state index contributed by atoms with van der Waals surface area (Å²) in [6, 6.07) is 9.61. The first kappa shape index (κ1) is 26.4.